The zero-order valence-corrected chi connectivity index (χ0v) is 11.0. The van der Waals surface area contributed by atoms with Gasteiger partial charge in [-0.2, -0.15) is 0 Å². The first kappa shape index (κ1) is 11.8. The van der Waals surface area contributed by atoms with Crippen molar-refractivity contribution in [1.82, 2.24) is 0 Å². The zero-order valence-electron chi connectivity index (χ0n) is 11.0. The van der Waals surface area contributed by atoms with Crippen LogP contribution >= 0.6 is 0 Å². The molecule has 2 aromatic rings. The molecule has 0 bridgehead atoms. The fourth-order valence-corrected chi connectivity index (χ4v) is 2.47. The maximum atomic E-state index is 13.5. The third-order valence-corrected chi connectivity index (χ3v) is 3.54. The van der Waals surface area contributed by atoms with E-state index in [0.717, 1.165) is 28.4 Å². The molecule has 0 aromatic heterocycles. The van der Waals surface area contributed by atoms with E-state index in [0.29, 0.717) is 0 Å². The van der Waals surface area contributed by atoms with Crippen molar-refractivity contribution in [2.45, 2.75) is 6.92 Å². The number of para-hydroxylation sites is 1. The van der Waals surface area contributed by atoms with Gasteiger partial charge in [0.1, 0.15) is 11.6 Å². The Hall–Kier alpha value is -2.29. The molecule has 3 rings (SSSR count). The number of halogens is 1. The highest BCUT2D eigenvalue weighted by atomic mass is 19.1. The molecule has 0 fully saturated rings. The Morgan fingerprint density at radius 2 is 1.74 bits per heavy atom. The average Bonchev–Trinajstić information content (AvgIpc) is 2.63. The Kier molecular flexibility index (Phi) is 2.56. The lowest BCUT2D eigenvalue weighted by atomic mass is 10.1. The molecule has 1 heterocycles. The van der Waals surface area contributed by atoms with E-state index in [2.05, 4.69) is 6.58 Å². The molecule has 3 heteroatoms. The van der Waals surface area contributed by atoms with Gasteiger partial charge in [0.15, 0.2) is 0 Å². The summed E-state index contributed by atoms with van der Waals surface area (Å²) in [4.78, 5) is 3.97. The molecule has 0 atom stereocenters. The van der Waals surface area contributed by atoms with Gasteiger partial charge < -0.3 is 4.90 Å². The molecule has 0 unspecified atom stereocenters. The summed E-state index contributed by atoms with van der Waals surface area (Å²) in [5.74, 6) is 0.593. The fourth-order valence-electron chi connectivity index (χ4n) is 2.47. The minimum Gasteiger partial charge on any atom is -0.329 e. The first-order chi connectivity index (χ1) is 9.09. The summed E-state index contributed by atoms with van der Waals surface area (Å²) < 4.78 is 13.5. The van der Waals surface area contributed by atoms with Crippen LogP contribution in [0.25, 0.3) is 0 Å². The summed E-state index contributed by atoms with van der Waals surface area (Å²) in [5.41, 5.74) is 3.97. The fraction of sp³-hybridized carbons (Fsp3) is 0.125. The van der Waals surface area contributed by atoms with E-state index in [-0.39, 0.29) is 5.82 Å². The first-order valence-corrected chi connectivity index (χ1v) is 6.17. The van der Waals surface area contributed by atoms with Gasteiger partial charge in [-0.3, -0.25) is 4.90 Å². The minimum atomic E-state index is -0.236. The van der Waals surface area contributed by atoms with Gasteiger partial charge in [-0.1, -0.05) is 24.8 Å². The number of benzene rings is 2. The highest BCUT2D eigenvalue weighted by molar-refractivity contribution is 5.88. The van der Waals surface area contributed by atoms with E-state index < -0.39 is 0 Å². The molecule has 0 amide bonds. The molecule has 2 aromatic carbocycles. The van der Waals surface area contributed by atoms with Crippen LogP contribution in [0.3, 0.4) is 0 Å². The Balaban J connectivity index is 2.21. The van der Waals surface area contributed by atoms with Crippen molar-refractivity contribution < 1.29 is 4.39 Å². The normalized spacial score (nSPS) is 13.9. The number of hydrogen-bond acceptors (Lipinski definition) is 2. The summed E-state index contributed by atoms with van der Waals surface area (Å²) in [6.45, 7) is 6.15. The Labute approximate surface area is 112 Å². The standard InChI is InChI=1S/C16H15FN2/c1-11-6-4-5-7-14(11)19-12(2)18(3)15-9-8-13(17)10-16(15)19/h4-10H,2H2,1,3H3. The van der Waals surface area contributed by atoms with Gasteiger partial charge in [0, 0.05) is 13.1 Å². The largest absolute Gasteiger partial charge is 0.329 e. The number of anilines is 3. The van der Waals surface area contributed by atoms with Gasteiger partial charge in [0.25, 0.3) is 0 Å². The molecular weight excluding hydrogens is 239 g/mol. The maximum absolute atomic E-state index is 13.5. The number of aryl methyl sites for hydroxylation is 1. The highest BCUT2D eigenvalue weighted by Gasteiger charge is 2.29. The van der Waals surface area contributed by atoms with Crippen LogP contribution in [-0.4, -0.2) is 7.05 Å². The quantitative estimate of drug-likeness (QED) is 0.752. The number of rotatable bonds is 1. The van der Waals surface area contributed by atoms with Crippen molar-refractivity contribution in [3.63, 3.8) is 0 Å². The summed E-state index contributed by atoms with van der Waals surface area (Å²) >= 11 is 0. The molecule has 1 aliphatic heterocycles. The lowest BCUT2D eigenvalue weighted by Crippen LogP contribution is -2.20. The van der Waals surface area contributed by atoms with Crippen LogP contribution < -0.4 is 9.80 Å². The van der Waals surface area contributed by atoms with Crippen LogP contribution in [0, 0.1) is 12.7 Å². The summed E-state index contributed by atoms with van der Waals surface area (Å²) in [5, 5.41) is 0. The molecule has 0 spiro atoms. The molecule has 0 N–H and O–H groups in total. The van der Waals surface area contributed by atoms with Gasteiger partial charge in [-0.25, -0.2) is 4.39 Å². The smallest absolute Gasteiger partial charge is 0.125 e. The highest BCUT2D eigenvalue weighted by Crippen LogP contribution is 2.45. The second-order valence-electron chi connectivity index (χ2n) is 4.73. The molecule has 1 aliphatic rings. The molecule has 0 radical (unpaired) electrons. The summed E-state index contributed by atoms with van der Waals surface area (Å²) in [6.07, 6.45) is 0. The van der Waals surface area contributed by atoms with Crippen LogP contribution in [0.2, 0.25) is 0 Å². The minimum absolute atomic E-state index is 0.236. The van der Waals surface area contributed by atoms with Crippen molar-refractivity contribution in [2.75, 3.05) is 16.8 Å². The van der Waals surface area contributed by atoms with Crippen LogP contribution in [-0.2, 0) is 0 Å². The van der Waals surface area contributed by atoms with Gasteiger partial charge in [0.05, 0.1) is 17.1 Å². The number of nitrogens with zero attached hydrogens (tertiary/aromatic N) is 2. The van der Waals surface area contributed by atoms with E-state index in [9.17, 15) is 4.39 Å². The topological polar surface area (TPSA) is 6.48 Å². The van der Waals surface area contributed by atoms with Crippen molar-refractivity contribution >= 4 is 17.1 Å². The molecule has 19 heavy (non-hydrogen) atoms. The predicted molar refractivity (Wildman–Crippen MR) is 77.3 cm³/mol. The monoisotopic (exact) mass is 254 g/mol. The second-order valence-corrected chi connectivity index (χ2v) is 4.73. The first-order valence-electron chi connectivity index (χ1n) is 6.17. The van der Waals surface area contributed by atoms with E-state index in [1.54, 1.807) is 12.1 Å². The molecule has 0 saturated heterocycles. The molecule has 0 aliphatic carbocycles. The van der Waals surface area contributed by atoms with Gasteiger partial charge in [0.2, 0.25) is 0 Å². The Morgan fingerprint density at radius 1 is 1.00 bits per heavy atom. The van der Waals surface area contributed by atoms with E-state index in [1.807, 2.05) is 48.0 Å². The van der Waals surface area contributed by atoms with Crippen molar-refractivity contribution in [3.05, 3.63) is 66.2 Å². The van der Waals surface area contributed by atoms with Gasteiger partial charge in [-0.15, -0.1) is 0 Å². The molecular formula is C16H15FN2. The van der Waals surface area contributed by atoms with Gasteiger partial charge in [-0.05, 0) is 30.7 Å². The van der Waals surface area contributed by atoms with Crippen LogP contribution in [0.4, 0.5) is 21.5 Å². The zero-order chi connectivity index (χ0) is 13.6. The third-order valence-electron chi connectivity index (χ3n) is 3.54. The van der Waals surface area contributed by atoms with E-state index in [4.69, 9.17) is 0 Å². The Morgan fingerprint density at radius 3 is 2.47 bits per heavy atom. The lowest BCUT2D eigenvalue weighted by Gasteiger charge is -2.23. The SMILES string of the molecule is C=C1N(C)c2ccc(F)cc2N1c1ccccc1C. The van der Waals surface area contributed by atoms with E-state index in [1.165, 1.54) is 6.07 Å². The van der Waals surface area contributed by atoms with Crippen LogP contribution in [0.1, 0.15) is 5.56 Å². The Bertz CT molecular complexity index is 664. The third kappa shape index (κ3) is 1.70. The summed E-state index contributed by atoms with van der Waals surface area (Å²) in [7, 11) is 1.94. The predicted octanol–water partition coefficient (Wildman–Crippen LogP) is 4.19. The molecule has 96 valence electrons. The van der Waals surface area contributed by atoms with Crippen molar-refractivity contribution in [3.8, 4) is 0 Å². The number of hydrogen-bond donors (Lipinski definition) is 0. The average molecular weight is 254 g/mol. The van der Waals surface area contributed by atoms with Crippen molar-refractivity contribution in [2.24, 2.45) is 0 Å². The summed E-state index contributed by atoms with van der Waals surface area (Å²) in [6, 6.07) is 12.9. The molecule has 2 nitrogen and oxygen atoms in total. The maximum Gasteiger partial charge on any atom is 0.125 e. The molecule has 0 saturated carbocycles. The van der Waals surface area contributed by atoms with Crippen molar-refractivity contribution in [1.29, 1.82) is 0 Å². The van der Waals surface area contributed by atoms with E-state index >= 15 is 0 Å². The number of fused-ring (bicyclic) bond motifs is 1. The lowest BCUT2D eigenvalue weighted by molar-refractivity contribution is 0.628. The van der Waals surface area contributed by atoms with Crippen LogP contribution in [0.5, 0.6) is 0 Å². The van der Waals surface area contributed by atoms with Gasteiger partial charge >= 0.3 is 0 Å². The second kappa shape index (κ2) is 4.12. The van der Waals surface area contributed by atoms with Crippen LogP contribution in [0.15, 0.2) is 54.9 Å².